The van der Waals surface area contributed by atoms with Crippen molar-refractivity contribution in [2.45, 2.75) is 18.8 Å². The number of hydrogen-bond donors (Lipinski definition) is 0. The van der Waals surface area contributed by atoms with Gasteiger partial charge in [0.15, 0.2) is 0 Å². The molecule has 5 heteroatoms. The Labute approximate surface area is 98.9 Å². The standard InChI is InChI=1S/C11H12ClN3O/c1-2-11(10(12)16,8-14-15-13)9-6-4-3-5-7-9/h3-7H,2,8H2,1H3. The fourth-order valence-corrected chi connectivity index (χ4v) is 1.93. The van der Waals surface area contributed by atoms with E-state index in [4.69, 9.17) is 17.1 Å². The first-order chi connectivity index (χ1) is 7.67. The SMILES string of the molecule is CCC(CN=[N+]=[N-])(C(=O)Cl)c1ccccc1. The minimum atomic E-state index is -0.908. The molecule has 1 aromatic rings. The smallest absolute Gasteiger partial charge is 0.232 e. The monoisotopic (exact) mass is 237 g/mol. The summed E-state index contributed by atoms with van der Waals surface area (Å²) in [5.74, 6) is 0. The van der Waals surface area contributed by atoms with E-state index >= 15 is 0 Å². The molecule has 84 valence electrons. The molecular weight excluding hydrogens is 226 g/mol. The van der Waals surface area contributed by atoms with Crippen LogP contribution in [0.4, 0.5) is 0 Å². The van der Waals surface area contributed by atoms with Crippen molar-refractivity contribution in [2.75, 3.05) is 6.54 Å². The summed E-state index contributed by atoms with van der Waals surface area (Å²) >= 11 is 5.65. The molecule has 0 saturated heterocycles. The maximum absolute atomic E-state index is 11.6. The number of rotatable bonds is 5. The molecule has 0 N–H and O–H groups in total. The third-order valence-electron chi connectivity index (χ3n) is 2.71. The van der Waals surface area contributed by atoms with E-state index in [1.807, 2.05) is 37.3 Å². The summed E-state index contributed by atoms with van der Waals surface area (Å²) in [6, 6.07) is 9.15. The molecule has 1 atom stereocenters. The second kappa shape index (κ2) is 5.54. The van der Waals surface area contributed by atoms with Crippen LogP contribution in [0, 0.1) is 0 Å². The quantitative estimate of drug-likeness (QED) is 0.335. The molecule has 1 rings (SSSR count). The summed E-state index contributed by atoms with van der Waals surface area (Å²) in [4.78, 5) is 14.3. The van der Waals surface area contributed by atoms with Crippen molar-refractivity contribution in [3.63, 3.8) is 0 Å². The molecule has 0 fully saturated rings. The van der Waals surface area contributed by atoms with Gasteiger partial charge < -0.3 is 0 Å². The van der Waals surface area contributed by atoms with E-state index in [0.717, 1.165) is 5.56 Å². The molecule has 0 heterocycles. The van der Waals surface area contributed by atoms with Crippen molar-refractivity contribution in [3.8, 4) is 0 Å². The summed E-state index contributed by atoms with van der Waals surface area (Å²) in [5, 5.41) is 3.00. The average Bonchev–Trinajstić information content (AvgIpc) is 2.31. The van der Waals surface area contributed by atoms with Crippen LogP contribution in [0.3, 0.4) is 0 Å². The van der Waals surface area contributed by atoms with Gasteiger partial charge in [0.05, 0.1) is 5.41 Å². The topological polar surface area (TPSA) is 65.8 Å². The van der Waals surface area contributed by atoms with E-state index in [-0.39, 0.29) is 6.54 Å². The van der Waals surface area contributed by atoms with Crippen molar-refractivity contribution in [1.82, 2.24) is 0 Å². The first-order valence-electron chi connectivity index (χ1n) is 4.93. The number of nitrogens with zero attached hydrogens (tertiary/aromatic N) is 3. The Balaban J connectivity index is 3.22. The number of azide groups is 1. The van der Waals surface area contributed by atoms with Gasteiger partial charge in [0.25, 0.3) is 0 Å². The lowest BCUT2D eigenvalue weighted by molar-refractivity contribution is -0.116. The highest BCUT2D eigenvalue weighted by Crippen LogP contribution is 2.31. The zero-order valence-corrected chi connectivity index (χ0v) is 9.68. The molecule has 0 saturated carbocycles. The van der Waals surface area contributed by atoms with E-state index in [1.54, 1.807) is 0 Å². The Hall–Kier alpha value is -1.51. The molecule has 0 aliphatic rings. The summed E-state index contributed by atoms with van der Waals surface area (Å²) < 4.78 is 0. The molecule has 0 aliphatic heterocycles. The number of hydrogen-bond acceptors (Lipinski definition) is 2. The number of halogens is 1. The number of carbonyl (C=O) groups excluding carboxylic acids is 1. The highest BCUT2D eigenvalue weighted by molar-refractivity contribution is 6.65. The van der Waals surface area contributed by atoms with Gasteiger partial charge in [0.1, 0.15) is 0 Å². The first-order valence-corrected chi connectivity index (χ1v) is 5.31. The maximum Gasteiger partial charge on any atom is 0.232 e. The maximum atomic E-state index is 11.6. The van der Waals surface area contributed by atoms with Crippen LogP contribution >= 0.6 is 11.6 Å². The Morgan fingerprint density at radius 1 is 1.50 bits per heavy atom. The van der Waals surface area contributed by atoms with Crippen molar-refractivity contribution in [2.24, 2.45) is 5.11 Å². The predicted octanol–water partition coefficient (Wildman–Crippen LogP) is 3.41. The molecule has 1 unspecified atom stereocenters. The second-order valence-corrected chi connectivity index (χ2v) is 3.81. The largest absolute Gasteiger partial charge is 0.280 e. The van der Waals surface area contributed by atoms with Gasteiger partial charge in [-0.2, -0.15) is 0 Å². The van der Waals surface area contributed by atoms with E-state index < -0.39 is 10.7 Å². The molecule has 0 spiro atoms. The summed E-state index contributed by atoms with van der Waals surface area (Å²) in [6.45, 7) is 1.90. The van der Waals surface area contributed by atoms with Gasteiger partial charge in [-0.3, -0.25) is 4.79 Å². The lowest BCUT2D eigenvalue weighted by Crippen LogP contribution is -2.35. The van der Waals surface area contributed by atoms with Crippen molar-refractivity contribution < 1.29 is 4.79 Å². The Bertz CT molecular complexity index is 414. The van der Waals surface area contributed by atoms with Crippen LogP contribution in [0.15, 0.2) is 35.4 Å². The fourth-order valence-electron chi connectivity index (χ4n) is 1.63. The van der Waals surface area contributed by atoms with E-state index in [0.29, 0.717) is 6.42 Å². The molecule has 0 radical (unpaired) electrons. The van der Waals surface area contributed by atoms with Crippen LogP contribution in [-0.2, 0) is 10.2 Å². The number of benzene rings is 1. The van der Waals surface area contributed by atoms with Gasteiger partial charge in [-0.15, -0.1) is 0 Å². The summed E-state index contributed by atoms with van der Waals surface area (Å²) in [7, 11) is 0. The fraction of sp³-hybridized carbons (Fsp3) is 0.364. The lowest BCUT2D eigenvalue weighted by Gasteiger charge is -2.27. The van der Waals surface area contributed by atoms with Gasteiger partial charge in [0, 0.05) is 11.5 Å². The molecule has 1 aromatic carbocycles. The normalized spacial score (nSPS) is 13.6. The Morgan fingerprint density at radius 2 is 2.12 bits per heavy atom. The summed E-state index contributed by atoms with van der Waals surface area (Å²) in [6.07, 6.45) is 0.498. The Kier molecular flexibility index (Phi) is 4.35. The van der Waals surface area contributed by atoms with E-state index in [1.165, 1.54) is 0 Å². The predicted molar refractivity (Wildman–Crippen MR) is 63.3 cm³/mol. The highest BCUT2D eigenvalue weighted by atomic mass is 35.5. The molecule has 0 bridgehead atoms. The van der Waals surface area contributed by atoms with Crippen LogP contribution in [0.25, 0.3) is 10.4 Å². The van der Waals surface area contributed by atoms with Crippen LogP contribution in [0.5, 0.6) is 0 Å². The average molecular weight is 238 g/mol. The zero-order chi connectivity index (χ0) is 12.0. The minimum Gasteiger partial charge on any atom is -0.280 e. The molecule has 0 aromatic heterocycles. The van der Waals surface area contributed by atoms with Gasteiger partial charge in [0.2, 0.25) is 5.24 Å². The zero-order valence-electron chi connectivity index (χ0n) is 8.93. The van der Waals surface area contributed by atoms with Gasteiger partial charge in [-0.25, -0.2) is 0 Å². The van der Waals surface area contributed by atoms with E-state index in [9.17, 15) is 4.79 Å². The van der Waals surface area contributed by atoms with Crippen molar-refractivity contribution >= 4 is 16.8 Å². The third-order valence-corrected chi connectivity index (χ3v) is 3.07. The van der Waals surface area contributed by atoms with Gasteiger partial charge in [-0.05, 0) is 29.1 Å². The second-order valence-electron chi connectivity index (χ2n) is 3.46. The van der Waals surface area contributed by atoms with Crippen molar-refractivity contribution in [1.29, 1.82) is 0 Å². The van der Waals surface area contributed by atoms with Crippen LogP contribution in [-0.4, -0.2) is 11.8 Å². The van der Waals surface area contributed by atoms with Crippen LogP contribution in [0.1, 0.15) is 18.9 Å². The molecule has 16 heavy (non-hydrogen) atoms. The van der Waals surface area contributed by atoms with E-state index in [2.05, 4.69) is 10.0 Å². The van der Waals surface area contributed by atoms with Crippen LogP contribution in [0.2, 0.25) is 0 Å². The Morgan fingerprint density at radius 3 is 2.56 bits per heavy atom. The molecular formula is C11H12ClN3O. The highest BCUT2D eigenvalue weighted by Gasteiger charge is 2.36. The molecule has 0 aliphatic carbocycles. The van der Waals surface area contributed by atoms with Crippen LogP contribution < -0.4 is 0 Å². The summed E-state index contributed by atoms with van der Waals surface area (Å²) in [5.41, 5.74) is 8.23. The van der Waals surface area contributed by atoms with Crippen molar-refractivity contribution in [3.05, 3.63) is 46.3 Å². The molecule has 0 amide bonds. The van der Waals surface area contributed by atoms with Gasteiger partial charge >= 0.3 is 0 Å². The lowest BCUT2D eigenvalue weighted by atomic mass is 9.79. The molecule has 4 nitrogen and oxygen atoms in total. The third kappa shape index (κ3) is 2.35. The first kappa shape index (κ1) is 12.6. The van der Waals surface area contributed by atoms with Gasteiger partial charge in [-0.1, -0.05) is 42.4 Å². The minimum absolute atomic E-state index is 0.0480. The number of carbonyl (C=O) groups is 1.